The normalized spacial score (nSPS) is 24.8. The number of rotatable bonds is 4. The predicted octanol–water partition coefficient (Wildman–Crippen LogP) is 1.83. The van der Waals surface area contributed by atoms with E-state index in [0.717, 1.165) is 24.5 Å². The largest absolute Gasteiger partial charge is 0.380 e. The van der Waals surface area contributed by atoms with Crippen molar-refractivity contribution >= 4 is 0 Å². The zero-order chi connectivity index (χ0) is 12.1. The summed E-state index contributed by atoms with van der Waals surface area (Å²) >= 11 is 0. The maximum absolute atomic E-state index is 5.52. The van der Waals surface area contributed by atoms with E-state index < -0.39 is 0 Å². The van der Waals surface area contributed by atoms with Gasteiger partial charge >= 0.3 is 0 Å². The Bertz CT molecular complexity index is 356. The smallest absolute Gasteiger partial charge is 0.125 e. The van der Waals surface area contributed by atoms with Crippen LogP contribution in [0.5, 0.6) is 0 Å². The number of nitrogens with one attached hydrogen (secondary N) is 1. The SMILES string of the molecule is COC1CCCCC1NCc1ccnc(C)n1. The number of aromatic nitrogens is 2. The van der Waals surface area contributed by atoms with Crippen LogP contribution >= 0.6 is 0 Å². The van der Waals surface area contributed by atoms with Crippen LogP contribution in [0.25, 0.3) is 0 Å². The first kappa shape index (κ1) is 12.5. The van der Waals surface area contributed by atoms with Crippen molar-refractivity contribution in [3.63, 3.8) is 0 Å². The van der Waals surface area contributed by atoms with Gasteiger partial charge in [-0.25, -0.2) is 9.97 Å². The summed E-state index contributed by atoms with van der Waals surface area (Å²) in [5.74, 6) is 0.830. The minimum atomic E-state index is 0.353. The summed E-state index contributed by atoms with van der Waals surface area (Å²) in [5.41, 5.74) is 1.05. The number of ether oxygens (including phenoxy) is 1. The van der Waals surface area contributed by atoms with Crippen molar-refractivity contribution in [3.05, 3.63) is 23.8 Å². The highest BCUT2D eigenvalue weighted by molar-refractivity contribution is 5.01. The number of nitrogens with zero attached hydrogens (tertiary/aromatic N) is 2. The number of methoxy groups -OCH3 is 1. The van der Waals surface area contributed by atoms with Crippen LogP contribution in [0, 0.1) is 6.92 Å². The van der Waals surface area contributed by atoms with Gasteiger partial charge in [0.05, 0.1) is 11.8 Å². The van der Waals surface area contributed by atoms with E-state index in [1.165, 1.54) is 19.3 Å². The van der Waals surface area contributed by atoms with Crippen LogP contribution in [0.1, 0.15) is 37.2 Å². The lowest BCUT2D eigenvalue weighted by Crippen LogP contribution is -2.42. The van der Waals surface area contributed by atoms with E-state index >= 15 is 0 Å². The van der Waals surface area contributed by atoms with E-state index in [1.54, 1.807) is 7.11 Å². The third-order valence-corrected chi connectivity index (χ3v) is 3.38. The molecule has 0 spiro atoms. The van der Waals surface area contributed by atoms with Gasteiger partial charge in [0.15, 0.2) is 0 Å². The summed E-state index contributed by atoms with van der Waals surface area (Å²) in [6.45, 7) is 2.72. The fraction of sp³-hybridized carbons (Fsp3) is 0.692. The molecule has 2 rings (SSSR count). The van der Waals surface area contributed by atoms with Crippen molar-refractivity contribution in [1.82, 2.24) is 15.3 Å². The van der Waals surface area contributed by atoms with Crippen LogP contribution in [0.2, 0.25) is 0 Å². The summed E-state index contributed by atoms with van der Waals surface area (Å²) in [6.07, 6.45) is 7.10. The van der Waals surface area contributed by atoms with E-state index in [-0.39, 0.29) is 0 Å². The second kappa shape index (κ2) is 6.07. The fourth-order valence-electron chi connectivity index (χ4n) is 2.45. The number of hydrogen-bond acceptors (Lipinski definition) is 4. The van der Waals surface area contributed by atoms with E-state index in [9.17, 15) is 0 Å². The molecule has 17 heavy (non-hydrogen) atoms. The molecule has 0 saturated heterocycles. The fourth-order valence-corrected chi connectivity index (χ4v) is 2.45. The van der Waals surface area contributed by atoms with Crippen molar-refractivity contribution < 1.29 is 4.74 Å². The average Bonchev–Trinajstić information content (AvgIpc) is 2.37. The molecule has 0 aliphatic heterocycles. The number of hydrogen-bond donors (Lipinski definition) is 1. The van der Waals surface area contributed by atoms with Crippen LogP contribution in [0.4, 0.5) is 0 Å². The lowest BCUT2D eigenvalue weighted by molar-refractivity contribution is 0.0412. The highest BCUT2D eigenvalue weighted by atomic mass is 16.5. The van der Waals surface area contributed by atoms with Gasteiger partial charge in [0.1, 0.15) is 5.82 Å². The van der Waals surface area contributed by atoms with Crippen LogP contribution in [-0.2, 0) is 11.3 Å². The molecule has 94 valence electrons. The number of aryl methyl sites for hydroxylation is 1. The predicted molar refractivity (Wildman–Crippen MR) is 66.7 cm³/mol. The molecule has 1 N–H and O–H groups in total. The van der Waals surface area contributed by atoms with Crippen molar-refractivity contribution in [2.45, 2.75) is 51.3 Å². The van der Waals surface area contributed by atoms with Crippen LogP contribution in [0.3, 0.4) is 0 Å². The van der Waals surface area contributed by atoms with Gasteiger partial charge in [-0.05, 0) is 25.8 Å². The van der Waals surface area contributed by atoms with Gasteiger partial charge in [0.2, 0.25) is 0 Å². The molecule has 0 radical (unpaired) electrons. The summed E-state index contributed by atoms with van der Waals surface area (Å²) in [7, 11) is 1.81. The Morgan fingerprint density at radius 1 is 1.41 bits per heavy atom. The van der Waals surface area contributed by atoms with Gasteiger partial charge in [-0.3, -0.25) is 0 Å². The van der Waals surface area contributed by atoms with Crippen molar-refractivity contribution in [2.75, 3.05) is 7.11 Å². The monoisotopic (exact) mass is 235 g/mol. The molecule has 0 aromatic carbocycles. The Balaban J connectivity index is 1.88. The van der Waals surface area contributed by atoms with E-state index in [4.69, 9.17) is 4.74 Å². The van der Waals surface area contributed by atoms with Crippen LogP contribution in [-0.4, -0.2) is 29.2 Å². The molecule has 4 nitrogen and oxygen atoms in total. The first-order chi connectivity index (χ1) is 8.29. The first-order valence-corrected chi connectivity index (χ1v) is 6.34. The zero-order valence-corrected chi connectivity index (χ0v) is 10.6. The zero-order valence-electron chi connectivity index (χ0n) is 10.6. The topological polar surface area (TPSA) is 47.0 Å². The molecule has 1 heterocycles. The molecule has 1 aromatic heterocycles. The highest BCUT2D eigenvalue weighted by Crippen LogP contribution is 2.20. The standard InChI is InChI=1S/C13H21N3O/c1-10-14-8-7-11(16-10)9-15-12-5-3-4-6-13(12)17-2/h7-8,12-13,15H,3-6,9H2,1-2H3. The van der Waals surface area contributed by atoms with E-state index in [0.29, 0.717) is 12.1 Å². The summed E-state index contributed by atoms with van der Waals surface area (Å²) in [4.78, 5) is 8.50. The van der Waals surface area contributed by atoms with Gasteiger partial charge < -0.3 is 10.1 Å². The Hall–Kier alpha value is -1.00. The third kappa shape index (κ3) is 3.48. The summed E-state index contributed by atoms with van der Waals surface area (Å²) in [5, 5.41) is 3.55. The van der Waals surface area contributed by atoms with Gasteiger partial charge in [0, 0.05) is 25.9 Å². The van der Waals surface area contributed by atoms with E-state index in [1.807, 2.05) is 19.2 Å². The lowest BCUT2D eigenvalue weighted by Gasteiger charge is -2.31. The minimum absolute atomic E-state index is 0.353. The second-order valence-electron chi connectivity index (χ2n) is 4.64. The van der Waals surface area contributed by atoms with Crippen molar-refractivity contribution in [1.29, 1.82) is 0 Å². The maximum atomic E-state index is 5.52. The van der Waals surface area contributed by atoms with E-state index in [2.05, 4.69) is 15.3 Å². The lowest BCUT2D eigenvalue weighted by atomic mass is 9.92. The molecule has 2 unspecified atom stereocenters. The molecule has 1 aromatic rings. The summed E-state index contributed by atoms with van der Waals surface area (Å²) in [6, 6.07) is 2.42. The third-order valence-electron chi connectivity index (χ3n) is 3.38. The van der Waals surface area contributed by atoms with Crippen molar-refractivity contribution in [3.8, 4) is 0 Å². The molecular formula is C13H21N3O. The Kier molecular flexibility index (Phi) is 4.45. The molecule has 0 bridgehead atoms. The van der Waals surface area contributed by atoms with Crippen LogP contribution < -0.4 is 5.32 Å². The van der Waals surface area contributed by atoms with Gasteiger partial charge in [-0.15, -0.1) is 0 Å². The van der Waals surface area contributed by atoms with Crippen molar-refractivity contribution in [2.24, 2.45) is 0 Å². The second-order valence-corrected chi connectivity index (χ2v) is 4.64. The Morgan fingerprint density at radius 3 is 3.00 bits per heavy atom. The molecule has 2 atom stereocenters. The maximum Gasteiger partial charge on any atom is 0.125 e. The highest BCUT2D eigenvalue weighted by Gasteiger charge is 2.24. The molecule has 1 aliphatic rings. The summed E-state index contributed by atoms with van der Waals surface area (Å²) < 4.78 is 5.52. The van der Waals surface area contributed by atoms with Gasteiger partial charge in [0.25, 0.3) is 0 Å². The molecule has 1 saturated carbocycles. The molecule has 1 fully saturated rings. The average molecular weight is 235 g/mol. The molecule has 0 amide bonds. The van der Waals surface area contributed by atoms with Gasteiger partial charge in [-0.1, -0.05) is 12.8 Å². The Labute approximate surface area is 103 Å². The molecular weight excluding hydrogens is 214 g/mol. The first-order valence-electron chi connectivity index (χ1n) is 6.34. The van der Waals surface area contributed by atoms with Gasteiger partial charge in [-0.2, -0.15) is 0 Å². The molecule has 4 heteroatoms. The van der Waals surface area contributed by atoms with Crippen LogP contribution in [0.15, 0.2) is 12.3 Å². The quantitative estimate of drug-likeness (QED) is 0.865. The Morgan fingerprint density at radius 2 is 2.24 bits per heavy atom. The minimum Gasteiger partial charge on any atom is -0.380 e. The molecule has 1 aliphatic carbocycles.